The van der Waals surface area contributed by atoms with Gasteiger partial charge in [-0.25, -0.2) is 9.59 Å². The Labute approximate surface area is 116 Å². The molecule has 20 heavy (non-hydrogen) atoms. The van der Waals surface area contributed by atoms with E-state index in [2.05, 4.69) is 10.1 Å². The first-order valence-corrected chi connectivity index (χ1v) is 6.03. The lowest BCUT2D eigenvalue weighted by Crippen LogP contribution is -2.47. The van der Waals surface area contributed by atoms with E-state index >= 15 is 0 Å². The van der Waals surface area contributed by atoms with Gasteiger partial charge in [-0.3, -0.25) is 0 Å². The second-order valence-corrected chi connectivity index (χ2v) is 5.11. The highest BCUT2D eigenvalue weighted by Gasteiger charge is 2.33. The molecular formula is C13H19NO6. The molecule has 0 aliphatic carbocycles. The van der Waals surface area contributed by atoms with Crippen LogP contribution in [0.5, 0.6) is 0 Å². The highest BCUT2D eigenvalue weighted by atomic mass is 16.6. The van der Waals surface area contributed by atoms with Crippen LogP contribution in [-0.2, 0) is 14.3 Å². The van der Waals surface area contributed by atoms with E-state index in [4.69, 9.17) is 9.15 Å². The molecule has 0 aliphatic rings. The summed E-state index contributed by atoms with van der Waals surface area (Å²) >= 11 is 0. The van der Waals surface area contributed by atoms with Crippen LogP contribution in [0.2, 0.25) is 0 Å². The topological polar surface area (TPSA) is 98.0 Å². The Kier molecular flexibility index (Phi) is 5.15. The summed E-state index contributed by atoms with van der Waals surface area (Å²) in [5, 5.41) is 12.3. The van der Waals surface area contributed by atoms with Gasteiger partial charge in [0, 0.05) is 0 Å². The van der Waals surface area contributed by atoms with E-state index in [-0.39, 0.29) is 5.76 Å². The highest BCUT2D eigenvalue weighted by molar-refractivity contribution is 5.82. The van der Waals surface area contributed by atoms with E-state index in [0.29, 0.717) is 0 Å². The van der Waals surface area contributed by atoms with Gasteiger partial charge in [0.05, 0.1) is 13.4 Å². The third-order valence-electron chi connectivity index (χ3n) is 2.28. The largest absolute Gasteiger partial charge is 0.467 e. The molecule has 0 saturated heterocycles. The van der Waals surface area contributed by atoms with Crippen LogP contribution >= 0.6 is 0 Å². The van der Waals surface area contributed by atoms with Crippen LogP contribution in [0, 0.1) is 0 Å². The third kappa shape index (κ3) is 4.58. The minimum atomic E-state index is -1.37. The highest BCUT2D eigenvalue weighted by Crippen LogP contribution is 2.19. The molecule has 0 aliphatic heterocycles. The summed E-state index contributed by atoms with van der Waals surface area (Å²) in [7, 11) is 1.15. The Morgan fingerprint density at radius 2 is 2.05 bits per heavy atom. The minimum Gasteiger partial charge on any atom is -0.467 e. The van der Waals surface area contributed by atoms with Crippen LogP contribution < -0.4 is 5.32 Å². The molecule has 0 spiro atoms. The van der Waals surface area contributed by atoms with E-state index in [0.717, 1.165) is 7.11 Å². The van der Waals surface area contributed by atoms with Gasteiger partial charge in [0.1, 0.15) is 17.5 Å². The number of hydrogen-bond donors (Lipinski definition) is 2. The van der Waals surface area contributed by atoms with Gasteiger partial charge in [-0.2, -0.15) is 0 Å². The standard InChI is InChI=1S/C13H19NO6/c1-13(2,3)20-12(17)14-9(11(16)18-4)10(15)8-6-5-7-19-8/h5-7,9-10,15H,1-4H3,(H,14,17)/t9-,10-/m0/s1. The molecule has 0 radical (unpaired) electrons. The van der Waals surface area contributed by atoms with Crippen molar-refractivity contribution in [3.05, 3.63) is 24.2 Å². The Hall–Kier alpha value is -2.02. The number of rotatable bonds is 4. The zero-order valence-corrected chi connectivity index (χ0v) is 11.9. The Morgan fingerprint density at radius 3 is 2.50 bits per heavy atom. The third-order valence-corrected chi connectivity index (χ3v) is 2.28. The molecular weight excluding hydrogens is 266 g/mol. The van der Waals surface area contributed by atoms with Gasteiger partial charge in [0.15, 0.2) is 6.04 Å². The van der Waals surface area contributed by atoms with Crippen molar-refractivity contribution in [2.45, 2.75) is 38.5 Å². The van der Waals surface area contributed by atoms with E-state index < -0.39 is 29.8 Å². The Balaban J connectivity index is 2.80. The second-order valence-electron chi connectivity index (χ2n) is 5.11. The van der Waals surface area contributed by atoms with E-state index in [1.165, 1.54) is 12.3 Å². The van der Waals surface area contributed by atoms with Crippen molar-refractivity contribution < 1.29 is 28.6 Å². The van der Waals surface area contributed by atoms with Crippen LogP contribution in [0.3, 0.4) is 0 Å². The lowest BCUT2D eigenvalue weighted by atomic mass is 10.1. The van der Waals surface area contributed by atoms with Crippen molar-refractivity contribution in [3.8, 4) is 0 Å². The number of aliphatic hydroxyl groups is 1. The molecule has 2 atom stereocenters. The first-order valence-electron chi connectivity index (χ1n) is 6.03. The van der Waals surface area contributed by atoms with Crippen molar-refractivity contribution in [1.82, 2.24) is 5.32 Å². The summed E-state index contributed by atoms with van der Waals surface area (Å²) in [5.74, 6) is -0.670. The number of methoxy groups -OCH3 is 1. The Morgan fingerprint density at radius 1 is 1.40 bits per heavy atom. The average Bonchev–Trinajstić information content (AvgIpc) is 2.85. The number of carbonyl (C=O) groups is 2. The molecule has 2 N–H and O–H groups in total. The normalized spacial score (nSPS) is 14.2. The number of ether oxygens (including phenoxy) is 2. The molecule has 1 aromatic rings. The number of alkyl carbamates (subject to hydrolysis) is 1. The molecule has 0 fully saturated rings. The SMILES string of the molecule is COC(=O)[C@@H](NC(=O)OC(C)(C)C)[C@@H](O)c1ccco1. The number of esters is 1. The number of hydrogen-bond acceptors (Lipinski definition) is 6. The van der Waals surface area contributed by atoms with Gasteiger partial charge in [-0.15, -0.1) is 0 Å². The fraction of sp³-hybridized carbons (Fsp3) is 0.538. The lowest BCUT2D eigenvalue weighted by molar-refractivity contribution is -0.146. The van der Waals surface area contributed by atoms with E-state index in [1.54, 1.807) is 26.8 Å². The minimum absolute atomic E-state index is 0.136. The Bertz CT molecular complexity index is 448. The molecule has 0 unspecified atom stereocenters. The van der Waals surface area contributed by atoms with Crippen molar-refractivity contribution in [2.75, 3.05) is 7.11 Å². The molecule has 1 heterocycles. The fourth-order valence-corrected chi connectivity index (χ4v) is 1.45. The molecule has 1 rings (SSSR count). The molecule has 7 heteroatoms. The summed E-state index contributed by atoms with van der Waals surface area (Å²) in [5.41, 5.74) is -0.722. The molecule has 7 nitrogen and oxygen atoms in total. The summed E-state index contributed by atoms with van der Waals surface area (Å²) < 4.78 is 14.6. The van der Waals surface area contributed by atoms with Crippen LogP contribution in [0.25, 0.3) is 0 Å². The van der Waals surface area contributed by atoms with Crippen LogP contribution in [0.1, 0.15) is 32.6 Å². The first-order chi connectivity index (χ1) is 9.24. The van der Waals surface area contributed by atoms with Crippen molar-refractivity contribution in [1.29, 1.82) is 0 Å². The van der Waals surface area contributed by atoms with E-state index in [1.807, 2.05) is 0 Å². The van der Waals surface area contributed by atoms with Gasteiger partial charge >= 0.3 is 12.1 Å². The van der Waals surface area contributed by atoms with Crippen LogP contribution in [0.15, 0.2) is 22.8 Å². The van der Waals surface area contributed by atoms with Crippen molar-refractivity contribution in [3.63, 3.8) is 0 Å². The van der Waals surface area contributed by atoms with Crippen LogP contribution in [0.4, 0.5) is 4.79 Å². The zero-order chi connectivity index (χ0) is 15.3. The second kappa shape index (κ2) is 6.42. The molecule has 0 bridgehead atoms. The number of furan rings is 1. The van der Waals surface area contributed by atoms with Crippen LogP contribution in [-0.4, -0.2) is 35.9 Å². The summed E-state index contributed by atoms with van der Waals surface area (Å²) in [6, 6.07) is 1.72. The van der Waals surface area contributed by atoms with E-state index in [9.17, 15) is 14.7 Å². The first kappa shape index (κ1) is 16.0. The maximum Gasteiger partial charge on any atom is 0.408 e. The molecule has 0 saturated carbocycles. The molecule has 0 aromatic carbocycles. The predicted octanol–water partition coefficient (Wildman–Crippen LogP) is 1.38. The van der Waals surface area contributed by atoms with Gasteiger partial charge in [0.25, 0.3) is 0 Å². The van der Waals surface area contributed by atoms with Gasteiger partial charge in [-0.05, 0) is 32.9 Å². The monoisotopic (exact) mass is 285 g/mol. The average molecular weight is 285 g/mol. The van der Waals surface area contributed by atoms with Gasteiger partial charge in [-0.1, -0.05) is 0 Å². The maximum absolute atomic E-state index is 11.7. The summed E-state index contributed by atoms with van der Waals surface area (Å²) in [4.78, 5) is 23.3. The van der Waals surface area contributed by atoms with Gasteiger partial charge < -0.3 is 24.3 Å². The number of aliphatic hydroxyl groups excluding tert-OH is 1. The molecule has 112 valence electrons. The quantitative estimate of drug-likeness (QED) is 0.811. The summed E-state index contributed by atoms with van der Waals surface area (Å²) in [6.07, 6.45) is -0.858. The van der Waals surface area contributed by atoms with Gasteiger partial charge in [0.2, 0.25) is 0 Å². The smallest absolute Gasteiger partial charge is 0.408 e. The number of amides is 1. The number of carbonyl (C=O) groups excluding carboxylic acids is 2. The fourth-order valence-electron chi connectivity index (χ4n) is 1.45. The lowest BCUT2D eigenvalue weighted by Gasteiger charge is -2.24. The van der Waals surface area contributed by atoms with Crippen molar-refractivity contribution >= 4 is 12.1 Å². The zero-order valence-electron chi connectivity index (χ0n) is 11.9. The molecule has 1 amide bonds. The molecule has 1 aromatic heterocycles. The number of nitrogens with one attached hydrogen (secondary N) is 1. The summed E-state index contributed by atoms with van der Waals surface area (Å²) in [6.45, 7) is 5.05. The van der Waals surface area contributed by atoms with Crippen molar-refractivity contribution in [2.24, 2.45) is 0 Å². The predicted molar refractivity (Wildman–Crippen MR) is 68.8 cm³/mol. The maximum atomic E-state index is 11.7.